The molecule has 0 saturated carbocycles. The van der Waals surface area contributed by atoms with Gasteiger partial charge in [-0.05, 0) is 24.3 Å². The van der Waals surface area contributed by atoms with E-state index in [1.165, 1.54) is 0 Å². The molecule has 8 nitrogen and oxygen atoms in total. The summed E-state index contributed by atoms with van der Waals surface area (Å²) in [5, 5.41) is 13.4. The number of likely N-dealkylation sites (tertiary alicyclic amines) is 1. The van der Waals surface area contributed by atoms with Crippen LogP contribution in [0.1, 0.15) is 28.9 Å². The van der Waals surface area contributed by atoms with Gasteiger partial charge in [-0.3, -0.25) is 9.48 Å². The van der Waals surface area contributed by atoms with E-state index in [0.717, 1.165) is 24.9 Å². The Morgan fingerprint density at radius 3 is 2.85 bits per heavy atom. The number of carbonyl (C=O) groups is 2. The van der Waals surface area contributed by atoms with Crippen molar-refractivity contribution in [1.29, 1.82) is 0 Å². The molecule has 8 heteroatoms. The van der Waals surface area contributed by atoms with Crippen molar-refractivity contribution >= 4 is 11.9 Å². The second-order valence-corrected chi connectivity index (χ2v) is 6.50. The van der Waals surface area contributed by atoms with Gasteiger partial charge in [-0.1, -0.05) is 35.5 Å². The lowest BCUT2D eigenvalue weighted by atomic mass is 9.98. The molecule has 0 spiro atoms. The molecule has 1 saturated heterocycles. The predicted molar refractivity (Wildman–Crippen MR) is 96.4 cm³/mol. The van der Waals surface area contributed by atoms with Crippen LogP contribution in [-0.4, -0.2) is 52.0 Å². The highest BCUT2D eigenvalue weighted by Gasteiger charge is 2.24. The maximum Gasteiger partial charge on any atom is 0.317 e. The van der Waals surface area contributed by atoms with Crippen LogP contribution >= 0.6 is 0 Å². The minimum Gasteiger partial charge on any atom is -0.354 e. The van der Waals surface area contributed by atoms with Crippen molar-refractivity contribution in [2.75, 3.05) is 20.1 Å². The molecule has 26 heavy (non-hydrogen) atoms. The lowest BCUT2D eigenvalue weighted by molar-refractivity contribution is 0.0958. The standard InChI is InChI=1S/C18H24N6O2/c1-19-17(25)16-13-24(22-21-16)12-15-8-5-9-23(11-15)18(26)20-10-14-6-3-2-4-7-14/h2-4,6-7,13,15H,5,8-12H2,1H3,(H,19,25)(H,20,26). The molecular formula is C18H24N6O2. The largest absolute Gasteiger partial charge is 0.354 e. The molecule has 138 valence electrons. The maximum absolute atomic E-state index is 12.4. The molecule has 3 rings (SSSR count). The van der Waals surface area contributed by atoms with Crippen molar-refractivity contribution in [2.45, 2.75) is 25.9 Å². The normalized spacial score (nSPS) is 17.0. The number of urea groups is 1. The van der Waals surface area contributed by atoms with Crippen LogP contribution in [-0.2, 0) is 13.1 Å². The van der Waals surface area contributed by atoms with Gasteiger partial charge in [-0.2, -0.15) is 0 Å². The topological polar surface area (TPSA) is 92.2 Å². The van der Waals surface area contributed by atoms with Gasteiger partial charge < -0.3 is 15.5 Å². The lowest BCUT2D eigenvalue weighted by Gasteiger charge is -2.32. The van der Waals surface area contributed by atoms with Crippen molar-refractivity contribution in [2.24, 2.45) is 5.92 Å². The molecule has 0 bridgehead atoms. The minimum atomic E-state index is -0.248. The van der Waals surface area contributed by atoms with Crippen LogP contribution in [0.5, 0.6) is 0 Å². The molecule has 1 aliphatic heterocycles. The molecular weight excluding hydrogens is 332 g/mol. The Morgan fingerprint density at radius 1 is 1.27 bits per heavy atom. The zero-order valence-electron chi connectivity index (χ0n) is 14.9. The number of aromatic nitrogens is 3. The number of piperidine rings is 1. The molecule has 3 amide bonds. The van der Waals surface area contributed by atoms with Gasteiger partial charge in [-0.15, -0.1) is 5.10 Å². The van der Waals surface area contributed by atoms with E-state index in [0.29, 0.717) is 31.2 Å². The van der Waals surface area contributed by atoms with Crippen molar-refractivity contribution in [3.05, 3.63) is 47.8 Å². The first-order chi connectivity index (χ1) is 12.7. The van der Waals surface area contributed by atoms with Crippen LogP contribution in [0.25, 0.3) is 0 Å². The van der Waals surface area contributed by atoms with Crippen molar-refractivity contribution in [1.82, 2.24) is 30.5 Å². The van der Waals surface area contributed by atoms with E-state index < -0.39 is 0 Å². The van der Waals surface area contributed by atoms with Gasteiger partial charge in [0.15, 0.2) is 5.69 Å². The SMILES string of the molecule is CNC(=O)c1cn(CC2CCCN(C(=O)NCc3ccccc3)C2)nn1. The van der Waals surface area contributed by atoms with E-state index in [2.05, 4.69) is 20.9 Å². The molecule has 1 atom stereocenters. The highest BCUT2D eigenvalue weighted by Crippen LogP contribution is 2.18. The highest BCUT2D eigenvalue weighted by atomic mass is 16.2. The summed E-state index contributed by atoms with van der Waals surface area (Å²) < 4.78 is 1.68. The average molecular weight is 356 g/mol. The van der Waals surface area contributed by atoms with Crippen LogP contribution in [0.2, 0.25) is 0 Å². The Morgan fingerprint density at radius 2 is 2.08 bits per heavy atom. The molecule has 2 N–H and O–H groups in total. The molecule has 1 aliphatic rings. The first kappa shape index (κ1) is 17.9. The molecule has 0 aliphatic carbocycles. The van der Waals surface area contributed by atoms with Crippen LogP contribution in [0, 0.1) is 5.92 Å². The first-order valence-electron chi connectivity index (χ1n) is 8.84. The molecule has 1 fully saturated rings. The fourth-order valence-electron chi connectivity index (χ4n) is 3.17. The third kappa shape index (κ3) is 4.59. The highest BCUT2D eigenvalue weighted by molar-refractivity contribution is 5.91. The second-order valence-electron chi connectivity index (χ2n) is 6.50. The summed E-state index contributed by atoms with van der Waals surface area (Å²) in [6.45, 7) is 2.61. The number of amides is 3. The number of nitrogens with zero attached hydrogens (tertiary/aromatic N) is 4. The van der Waals surface area contributed by atoms with Crippen LogP contribution in [0.15, 0.2) is 36.5 Å². The van der Waals surface area contributed by atoms with Gasteiger partial charge >= 0.3 is 6.03 Å². The van der Waals surface area contributed by atoms with E-state index in [4.69, 9.17) is 0 Å². The van der Waals surface area contributed by atoms with Gasteiger partial charge in [0, 0.05) is 33.2 Å². The van der Waals surface area contributed by atoms with Crippen LogP contribution in [0.4, 0.5) is 4.79 Å². The summed E-state index contributed by atoms with van der Waals surface area (Å²) >= 11 is 0. The summed E-state index contributed by atoms with van der Waals surface area (Å²) in [6.07, 6.45) is 3.63. The zero-order valence-corrected chi connectivity index (χ0v) is 14.9. The number of nitrogens with one attached hydrogen (secondary N) is 2. The molecule has 1 aromatic heterocycles. The predicted octanol–water partition coefficient (Wildman–Crippen LogP) is 1.26. The van der Waals surface area contributed by atoms with E-state index in [-0.39, 0.29) is 11.9 Å². The molecule has 1 unspecified atom stereocenters. The van der Waals surface area contributed by atoms with Crippen molar-refractivity contribution in [3.63, 3.8) is 0 Å². The van der Waals surface area contributed by atoms with Gasteiger partial charge in [0.05, 0.1) is 6.20 Å². The Labute approximate surface area is 152 Å². The fraction of sp³-hybridized carbons (Fsp3) is 0.444. The van der Waals surface area contributed by atoms with Crippen molar-refractivity contribution < 1.29 is 9.59 Å². The fourth-order valence-corrected chi connectivity index (χ4v) is 3.17. The minimum absolute atomic E-state index is 0.0387. The monoisotopic (exact) mass is 356 g/mol. The Kier molecular flexibility index (Phi) is 5.83. The number of carbonyl (C=O) groups excluding carboxylic acids is 2. The molecule has 0 radical (unpaired) electrons. The van der Waals surface area contributed by atoms with Gasteiger partial charge in [-0.25, -0.2) is 4.79 Å². The smallest absolute Gasteiger partial charge is 0.317 e. The average Bonchev–Trinajstić information content (AvgIpc) is 3.15. The van der Waals surface area contributed by atoms with E-state index in [1.807, 2.05) is 35.2 Å². The van der Waals surface area contributed by atoms with Gasteiger partial charge in [0.25, 0.3) is 5.91 Å². The molecule has 1 aromatic carbocycles. The Balaban J connectivity index is 1.51. The third-order valence-electron chi connectivity index (χ3n) is 4.54. The summed E-state index contributed by atoms with van der Waals surface area (Å²) in [7, 11) is 1.56. The summed E-state index contributed by atoms with van der Waals surface area (Å²) in [5.74, 6) is 0.0484. The Hall–Kier alpha value is -2.90. The van der Waals surface area contributed by atoms with Crippen molar-refractivity contribution in [3.8, 4) is 0 Å². The number of hydrogen-bond acceptors (Lipinski definition) is 4. The quantitative estimate of drug-likeness (QED) is 0.844. The first-order valence-corrected chi connectivity index (χ1v) is 8.84. The van der Waals surface area contributed by atoms with Gasteiger partial charge in [0.1, 0.15) is 0 Å². The lowest BCUT2D eigenvalue weighted by Crippen LogP contribution is -2.46. The molecule has 2 aromatic rings. The van der Waals surface area contributed by atoms with Crippen LogP contribution < -0.4 is 10.6 Å². The van der Waals surface area contributed by atoms with Crippen LogP contribution in [0.3, 0.4) is 0 Å². The zero-order chi connectivity index (χ0) is 18.4. The second kappa shape index (κ2) is 8.46. The maximum atomic E-state index is 12.4. The summed E-state index contributed by atoms with van der Waals surface area (Å²) in [5.41, 5.74) is 1.39. The van der Waals surface area contributed by atoms with E-state index in [1.54, 1.807) is 17.9 Å². The number of hydrogen-bond donors (Lipinski definition) is 2. The van der Waals surface area contributed by atoms with Gasteiger partial charge in [0.2, 0.25) is 0 Å². The molecule has 2 heterocycles. The number of rotatable bonds is 5. The van der Waals surface area contributed by atoms with E-state index >= 15 is 0 Å². The third-order valence-corrected chi connectivity index (χ3v) is 4.54. The summed E-state index contributed by atoms with van der Waals surface area (Å²) in [4.78, 5) is 25.8. The van der Waals surface area contributed by atoms with E-state index in [9.17, 15) is 9.59 Å². The Bertz CT molecular complexity index is 745. The number of benzene rings is 1. The summed E-state index contributed by atoms with van der Waals surface area (Å²) in [6, 6.07) is 9.83.